The molecule has 31 heavy (non-hydrogen) atoms. The van der Waals surface area contributed by atoms with Crippen molar-refractivity contribution in [3.05, 3.63) is 47.7 Å². The first-order valence-electron chi connectivity index (χ1n) is 11.3. The maximum atomic E-state index is 13.1. The van der Waals surface area contributed by atoms with Gasteiger partial charge in [-0.2, -0.15) is 0 Å². The van der Waals surface area contributed by atoms with E-state index in [4.69, 9.17) is 14.2 Å². The molecular weight excluding hydrogens is 392 g/mol. The maximum Gasteiger partial charge on any atom is 0.256 e. The zero-order valence-corrected chi connectivity index (χ0v) is 18.5. The van der Waals surface area contributed by atoms with E-state index in [1.165, 1.54) is 18.4 Å². The monoisotopic (exact) mass is 424 g/mol. The minimum absolute atomic E-state index is 0.107. The third kappa shape index (κ3) is 4.63. The highest BCUT2D eigenvalue weighted by atomic mass is 16.5. The molecule has 2 saturated carbocycles. The van der Waals surface area contributed by atoms with Crippen molar-refractivity contribution in [1.29, 1.82) is 0 Å². The molecule has 1 heterocycles. The molecule has 0 spiro atoms. The van der Waals surface area contributed by atoms with Crippen molar-refractivity contribution in [2.75, 3.05) is 20.8 Å². The van der Waals surface area contributed by atoms with Crippen molar-refractivity contribution < 1.29 is 19.0 Å². The van der Waals surface area contributed by atoms with Crippen LogP contribution in [0.5, 0.6) is 17.4 Å². The van der Waals surface area contributed by atoms with E-state index in [0.717, 1.165) is 44.3 Å². The molecule has 6 heteroatoms. The van der Waals surface area contributed by atoms with Gasteiger partial charge in [0.15, 0.2) is 11.5 Å². The number of carbonyl (C=O) groups is 1. The van der Waals surface area contributed by atoms with Gasteiger partial charge in [0, 0.05) is 18.2 Å². The van der Waals surface area contributed by atoms with Gasteiger partial charge in [-0.1, -0.05) is 18.9 Å². The Morgan fingerprint density at radius 1 is 1.06 bits per heavy atom. The Bertz CT molecular complexity index is 902. The predicted octanol–water partition coefficient (Wildman–Crippen LogP) is 4.66. The first-order valence-corrected chi connectivity index (χ1v) is 11.3. The summed E-state index contributed by atoms with van der Waals surface area (Å²) in [5.74, 6) is 1.75. The third-order valence-corrected chi connectivity index (χ3v) is 6.74. The highest BCUT2D eigenvalue weighted by Gasteiger charge is 2.37. The predicted molar refractivity (Wildman–Crippen MR) is 119 cm³/mol. The Hall–Kier alpha value is -2.76. The second kappa shape index (κ2) is 9.58. The van der Waals surface area contributed by atoms with E-state index < -0.39 is 0 Å². The largest absolute Gasteiger partial charge is 0.493 e. The Kier molecular flexibility index (Phi) is 6.64. The van der Waals surface area contributed by atoms with Gasteiger partial charge >= 0.3 is 0 Å². The number of nitrogens with one attached hydrogen (secondary N) is 1. The lowest BCUT2D eigenvalue weighted by atomic mass is 9.78. The fourth-order valence-electron chi connectivity index (χ4n) is 4.95. The summed E-state index contributed by atoms with van der Waals surface area (Å²) < 4.78 is 17.0. The second-order valence-corrected chi connectivity index (χ2v) is 8.62. The molecule has 2 aliphatic rings. The Morgan fingerprint density at radius 2 is 1.81 bits per heavy atom. The van der Waals surface area contributed by atoms with Crippen LogP contribution in [0.15, 0.2) is 36.5 Å². The van der Waals surface area contributed by atoms with Gasteiger partial charge in [-0.15, -0.1) is 0 Å². The summed E-state index contributed by atoms with van der Waals surface area (Å²) in [5, 5.41) is 3.18. The fraction of sp³-hybridized carbons (Fsp3) is 0.520. The number of methoxy groups -OCH3 is 2. The highest BCUT2D eigenvalue weighted by Crippen LogP contribution is 2.43. The molecule has 2 aromatic rings. The Labute approximate surface area is 184 Å². The lowest BCUT2D eigenvalue weighted by Gasteiger charge is -2.30. The average Bonchev–Trinajstić information content (AvgIpc) is 3.50. The van der Waals surface area contributed by atoms with Crippen LogP contribution < -0.4 is 19.5 Å². The standard InChI is InChI=1S/C25H32N2O4/c1-29-21-12-11-18(16-22(21)30-2)25(13-5-6-14-25)17-27-23(28)20-10-7-15-26-24(20)31-19-8-3-4-9-19/h7,10-12,15-16,19H,3-6,8-9,13-14,17H2,1-2H3,(H,27,28). The van der Waals surface area contributed by atoms with Crippen LogP contribution in [0.2, 0.25) is 0 Å². The number of hydrogen-bond acceptors (Lipinski definition) is 5. The number of amides is 1. The van der Waals surface area contributed by atoms with Gasteiger partial charge in [0.2, 0.25) is 5.88 Å². The van der Waals surface area contributed by atoms with Crippen molar-refractivity contribution >= 4 is 5.91 Å². The van der Waals surface area contributed by atoms with Gasteiger partial charge in [-0.3, -0.25) is 4.79 Å². The molecule has 166 valence electrons. The molecule has 0 unspecified atom stereocenters. The molecule has 2 aliphatic carbocycles. The van der Waals surface area contributed by atoms with Crippen molar-refractivity contribution in [2.24, 2.45) is 0 Å². The molecule has 4 rings (SSSR count). The minimum atomic E-state index is -0.132. The summed E-state index contributed by atoms with van der Waals surface area (Å²) in [6, 6.07) is 9.68. The van der Waals surface area contributed by atoms with E-state index in [2.05, 4.69) is 22.4 Å². The van der Waals surface area contributed by atoms with Gasteiger partial charge in [-0.25, -0.2) is 4.98 Å². The minimum Gasteiger partial charge on any atom is -0.493 e. The van der Waals surface area contributed by atoms with Crippen LogP contribution in [0.4, 0.5) is 0 Å². The van der Waals surface area contributed by atoms with Crippen LogP contribution in [0, 0.1) is 0 Å². The van der Waals surface area contributed by atoms with E-state index in [1.807, 2.05) is 6.07 Å². The molecule has 0 bridgehead atoms. The molecule has 1 N–H and O–H groups in total. The molecule has 0 atom stereocenters. The number of ether oxygens (including phenoxy) is 3. The van der Waals surface area contributed by atoms with Crippen LogP contribution in [-0.2, 0) is 5.41 Å². The summed E-state index contributed by atoms with van der Waals surface area (Å²) in [5.41, 5.74) is 1.58. The quantitative estimate of drug-likeness (QED) is 0.667. The Morgan fingerprint density at radius 3 is 2.52 bits per heavy atom. The van der Waals surface area contributed by atoms with Crippen LogP contribution in [0.25, 0.3) is 0 Å². The number of benzene rings is 1. The highest BCUT2D eigenvalue weighted by molar-refractivity contribution is 5.96. The summed E-state index contributed by atoms with van der Waals surface area (Å²) in [4.78, 5) is 17.5. The SMILES string of the molecule is COc1ccc(C2(CNC(=O)c3cccnc3OC3CCCC3)CCCC2)cc1OC. The molecule has 0 saturated heterocycles. The molecule has 0 aliphatic heterocycles. The first-order chi connectivity index (χ1) is 15.1. The van der Waals surface area contributed by atoms with Crippen LogP contribution in [-0.4, -0.2) is 37.8 Å². The zero-order valence-electron chi connectivity index (χ0n) is 18.5. The number of carbonyl (C=O) groups excluding carboxylic acids is 1. The van der Waals surface area contributed by atoms with Gasteiger partial charge in [0.1, 0.15) is 11.7 Å². The first kappa shape index (κ1) is 21.5. The average molecular weight is 425 g/mol. The molecule has 2 fully saturated rings. The van der Waals surface area contributed by atoms with Gasteiger partial charge < -0.3 is 19.5 Å². The summed E-state index contributed by atoms with van der Waals surface area (Å²) in [6.07, 6.45) is 10.6. The lowest BCUT2D eigenvalue weighted by molar-refractivity contribution is 0.0934. The van der Waals surface area contributed by atoms with Gasteiger partial charge in [0.05, 0.1) is 14.2 Å². The molecule has 1 aromatic carbocycles. The summed E-state index contributed by atoms with van der Waals surface area (Å²) >= 11 is 0. The van der Waals surface area contributed by atoms with E-state index in [0.29, 0.717) is 23.7 Å². The molecule has 6 nitrogen and oxygen atoms in total. The normalized spacial score (nSPS) is 18.0. The van der Waals surface area contributed by atoms with Crippen molar-refractivity contribution in [3.63, 3.8) is 0 Å². The molecule has 1 aromatic heterocycles. The smallest absolute Gasteiger partial charge is 0.256 e. The Balaban J connectivity index is 1.51. The van der Waals surface area contributed by atoms with Crippen molar-refractivity contribution in [2.45, 2.75) is 62.9 Å². The van der Waals surface area contributed by atoms with Crippen LogP contribution >= 0.6 is 0 Å². The van der Waals surface area contributed by atoms with E-state index in [1.54, 1.807) is 32.5 Å². The van der Waals surface area contributed by atoms with E-state index >= 15 is 0 Å². The maximum absolute atomic E-state index is 13.1. The van der Waals surface area contributed by atoms with Crippen LogP contribution in [0.1, 0.15) is 67.3 Å². The van der Waals surface area contributed by atoms with Crippen molar-refractivity contribution in [1.82, 2.24) is 10.3 Å². The number of rotatable bonds is 8. The lowest BCUT2D eigenvalue weighted by Crippen LogP contribution is -2.39. The molecule has 0 radical (unpaired) electrons. The fourth-order valence-corrected chi connectivity index (χ4v) is 4.95. The molecule has 1 amide bonds. The number of pyridine rings is 1. The summed E-state index contributed by atoms with van der Waals surface area (Å²) in [7, 11) is 3.29. The number of nitrogens with zero attached hydrogens (tertiary/aromatic N) is 1. The van der Waals surface area contributed by atoms with Crippen molar-refractivity contribution in [3.8, 4) is 17.4 Å². The second-order valence-electron chi connectivity index (χ2n) is 8.62. The van der Waals surface area contributed by atoms with E-state index in [-0.39, 0.29) is 17.4 Å². The molecular formula is C25H32N2O4. The third-order valence-electron chi connectivity index (χ3n) is 6.74. The van der Waals surface area contributed by atoms with Crippen LogP contribution in [0.3, 0.4) is 0 Å². The summed E-state index contributed by atoms with van der Waals surface area (Å²) in [6.45, 7) is 0.569. The topological polar surface area (TPSA) is 69.7 Å². The van der Waals surface area contributed by atoms with Gasteiger partial charge in [0.25, 0.3) is 5.91 Å². The van der Waals surface area contributed by atoms with E-state index in [9.17, 15) is 4.79 Å². The zero-order chi connectivity index (χ0) is 21.7. The van der Waals surface area contributed by atoms with Gasteiger partial charge in [-0.05, 0) is 68.4 Å². The number of hydrogen-bond donors (Lipinski definition) is 1. The number of aromatic nitrogens is 1.